The molecule has 0 saturated carbocycles. The first-order chi connectivity index (χ1) is 8.65. The third-order valence-corrected chi connectivity index (χ3v) is 2.63. The van der Waals surface area contributed by atoms with Gasteiger partial charge in [-0.1, -0.05) is 6.92 Å². The molecule has 0 spiro atoms. The molecule has 102 valence electrons. The molecule has 0 aliphatic rings. The third kappa shape index (κ3) is 5.23. The number of ether oxygens (including phenoxy) is 1. The summed E-state index contributed by atoms with van der Waals surface area (Å²) >= 11 is 0. The predicted molar refractivity (Wildman–Crippen MR) is 70.8 cm³/mol. The zero-order valence-corrected chi connectivity index (χ0v) is 11.3. The second kappa shape index (κ2) is 7.77. The second-order valence-corrected chi connectivity index (χ2v) is 5.02. The van der Waals surface area contributed by atoms with Crippen LogP contribution in [0.5, 0.6) is 6.01 Å². The summed E-state index contributed by atoms with van der Waals surface area (Å²) < 4.78 is 16.2. The minimum absolute atomic E-state index is 0.208. The first-order valence-corrected chi connectivity index (χ1v) is 7.27. The molecule has 0 amide bonds. The highest BCUT2D eigenvalue weighted by atomic mass is 32.2. The van der Waals surface area contributed by atoms with Gasteiger partial charge in [0.15, 0.2) is 0 Å². The fourth-order valence-electron chi connectivity index (χ4n) is 1.06. The molecular weight excluding hydrogens is 256 g/mol. The monoisotopic (exact) mass is 274 g/mol. The van der Waals surface area contributed by atoms with Gasteiger partial charge >= 0.3 is 6.01 Å². The summed E-state index contributed by atoms with van der Waals surface area (Å²) in [5.74, 6) is 6.34. The van der Waals surface area contributed by atoms with Gasteiger partial charge in [-0.3, -0.25) is 9.63 Å². The van der Waals surface area contributed by atoms with E-state index >= 15 is 0 Å². The standard InChI is InChI=1S/C9H18N6O2S/c1-3-5-17-9-13-7(11-4-6-18(2)16)12-8(14-9)15-10/h3-6,10H2,1-2H3,(H2,11,12,13,14,15). The smallest absolute Gasteiger partial charge is 0.323 e. The Morgan fingerprint density at radius 3 is 2.67 bits per heavy atom. The maximum Gasteiger partial charge on any atom is 0.323 e. The zero-order chi connectivity index (χ0) is 13.4. The van der Waals surface area contributed by atoms with Crippen molar-refractivity contribution in [2.75, 3.05) is 35.9 Å². The molecule has 8 nitrogen and oxygen atoms in total. The van der Waals surface area contributed by atoms with Crippen LogP contribution in [-0.4, -0.2) is 44.3 Å². The second-order valence-electron chi connectivity index (χ2n) is 3.46. The third-order valence-electron chi connectivity index (χ3n) is 1.85. The van der Waals surface area contributed by atoms with Crippen LogP contribution >= 0.6 is 0 Å². The number of nitrogens with zero attached hydrogens (tertiary/aromatic N) is 3. The molecule has 0 bridgehead atoms. The van der Waals surface area contributed by atoms with Crippen molar-refractivity contribution in [1.82, 2.24) is 15.0 Å². The first-order valence-electron chi connectivity index (χ1n) is 5.55. The molecule has 1 heterocycles. The van der Waals surface area contributed by atoms with E-state index in [0.29, 0.717) is 24.9 Å². The van der Waals surface area contributed by atoms with Gasteiger partial charge in [-0.05, 0) is 6.42 Å². The Hall–Kier alpha value is -1.48. The Morgan fingerprint density at radius 1 is 1.33 bits per heavy atom. The van der Waals surface area contributed by atoms with Gasteiger partial charge < -0.3 is 10.1 Å². The van der Waals surface area contributed by atoms with Crippen LogP contribution in [0.1, 0.15) is 13.3 Å². The van der Waals surface area contributed by atoms with Crippen molar-refractivity contribution in [3.63, 3.8) is 0 Å². The number of hydrogen-bond donors (Lipinski definition) is 3. The fraction of sp³-hybridized carbons (Fsp3) is 0.667. The molecule has 0 aromatic carbocycles. The lowest BCUT2D eigenvalue weighted by atomic mass is 10.5. The summed E-state index contributed by atoms with van der Waals surface area (Å²) in [6.07, 6.45) is 2.49. The fourth-order valence-corrected chi connectivity index (χ4v) is 1.45. The molecule has 1 rings (SSSR count). The topological polar surface area (TPSA) is 115 Å². The van der Waals surface area contributed by atoms with Gasteiger partial charge in [0.1, 0.15) is 0 Å². The summed E-state index contributed by atoms with van der Waals surface area (Å²) in [6, 6.07) is 0.208. The summed E-state index contributed by atoms with van der Waals surface area (Å²) in [5.41, 5.74) is 2.34. The molecule has 0 fully saturated rings. The molecule has 0 aliphatic heterocycles. The van der Waals surface area contributed by atoms with Crippen LogP contribution < -0.4 is 21.3 Å². The van der Waals surface area contributed by atoms with Crippen LogP contribution in [0.15, 0.2) is 0 Å². The summed E-state index contributed by atoms with van der Waals surface area (Å²) in [6.45, 7) is 3.01. The molecule has 1 atom stereocenters. The van der Waals surface area contributed by atoms with Crippen LogP contribution in [0, 0.1) is 0 Å². The Bertz CT molecular complexity index is 403. The molecule has 0 saturated heterocycles. The highest BCUT2D eigenvalue weighted by Crippen LogP contribution is 2.10. The molecule has 18 heavy (non-hydrogen) atoms. The van der Waals surface area contributed by atoms with Crippen molar-refractivity contribution < 1.29 is 8.95 Å². The molecule has 1 unspecified atom stereocenters. The number of nitrogens with one attached hydrogen (secondary N) is 2. The number of nitrogens with two attached hydrogens (primary N) is 1. The summed E-state index contributed by atoms with van der Waals surface area (Å²) in [4.78, 5) is 12.0. The lowest BCUT2D eigenvalue weighted by molar-refractivity contribution is 0.292. The van der Waals surface area contributed by atoms with Crippen molar-refractivity contribution in [3.05, 3.63) is 0 Å². The van der Waals surface area contributed by atoms with E-state index in [1.807, 2.05) is 6.92 Å². The van der Waals surface area contributed by atoms with Crippen molar-refractivity contribution in [2.24, 2.45) is 5.84 Å². The predicted octanol–water partition coefficient (Wildman–Crippen LogP) is -0.264. The lowest BCUT2D eigenvalue weighted by Gasteiger charge is -2.08. The Kier molecular flexibility index (Phi) is 6.29. The number of anilines is 2. The molecule has 9 heteroatoms. The number of hydrogen-bond acceptors (Lipinski definition) is 8. The Labute approximate surface area is 108 Å². The molecule has 0 radical (unpaired) electrons. The van der Waals surface area contributed by atoms with E-state index in [2.05, 4.69) is 25.7 Å². The van der Waals surface area contributed by atoms with E-state index in [1.165, 1.54) is 0 Å². The van der Waals surface area contributed by atoms with E-state index in [0.717, 1.165) is 6.42 Å². The maximum atomic E-state index is 10.9. The van der Waals surface area contributed by atoms with Gasteiger partial charge in [0.25, 0.3) is 0 Å². The lowest BCUT2D eigenvalue weighted by Crippen LogP contribution is -2.16. The normalized spacial score (nSPS) is 11.9. The summed E-state index contributed by atoms with van der Waals surface area (Å²) in [7, 11) is -0.862. The largest absolute Gasteiger partial charge is 0.463 e. The highest BCUT2D eigenvalue weighted by Gasteiger charge is 2.06. The zero-order valence-electron chi connectivity index (χ0n) is 10.5. The van der Waals surface area contributed by atoms with Crippen molar-refractivity contribution in [3.8, 4) is 6.01 Å². The first kappa shape index (κ1) is 14.6. The van der Waals surface area contributed by atoms with Crippen LogP contribution in [0.3, 0.4) is 0 Å². The Morgan fingerprint density at radius 2 is 2.06 bits per heavy atom. The van der Waals surface area contributed by atoms with Crippen molar-refractivity contribution in [2.45, 2.75) is 13.3 Å². The van der Waals surface area contributed by atoms with E-state index in [9.17, 15) is 4.21 Å². The SMILES string of the molecule is CCCOc1nc(NN)nc(NCCS(C)=O)n1. The molecule has 4 N–H and O–H groups in total. The van der Waals surface area contributed by atoms with E-state index in [-0.39, 0.29) is 12.0 Å². The number of nitrogen functional groups attached to an aromatic ring is 1. The van der Waals surface area contributed by atoms with E-state index in [4.69, 9.17) is 10.6 Å². The van der Waals surface area contributed by atoms with Crippen LogP contribution in [0.25, 0.3) is 0 Å². The molecule has 1 aromatic heterocycles. The van der Waals surface area contributed by atoms with Gasteiger partial charge in [0.2, 0.25) is 11.9 Å². The van der Waals surface area contributed by atoms with Gasteiger partial charge in [0.05, 0.1) is 6.61 Å². The summed E-state index contributed by atoms with van der Waals surface area (Å²) in [5, 5.41) is 2.94. The van der Waals surface area contributed by atoms with E-state index in [1.54, 1.807) is 6.26 Å². The van der Waals surface area contributed by atoms with Gasteiger partial charge in [-0.25, -0.2) is 5.84 Å². The van der Waals surface area contributed by atoms with Gasteiger partial charge in [-0.15, -0.1) is 0 Å². The van der Waals surface area contributed by atoms with Crippen molar-refractivity contribution in [1.29, 1.82) is 0 Å². The van der Waals surface area contributed by atoms with E-state index < -0.39 is 10.8 Å². The van der Waals surface area contributed by atoms with Crippen LogP contribution in [0.2, 0.25) is 0 Å². The Balaban J connectivity index is 2.67. The molecular formula is C9H18N6O2S. The van der Waals surface area contributed by atoms with Gasteiger partial charge in [-0.2, -0.15) is 15.0 Å². The average molecular weight is 274 g/mol. The highest BCUT2D eigenvalue weighted by molar-refractivity contribution is 7.84. The maximum absolute atomic E-state index is 10.9. The van der Waals surface area contributed by atoms with Crippen LogP contribution in [-0.2, 0) is 10.8 Å². The average Bonchev–Trinajstić information content (AvgIpc) is 2.35. The molecule has 0 aliphatic carbocycles. The van der Waals surface area contributed by atoms with Crippen molar-refractivity contribution >= 4 is 22.7 Å². The minimum Gasteiger partial charge on any atom is -0.463 e. The van der Waals surface area contributed by atoms with Crippen LogP contribution in [0.4, 0.5) is 11.9 Å². The van der Waals surface area contributed by atoms with Gasteiger partial charge in [0, 0.05) is 29.4 Å². The molecule has 1 aromatic rings. The number of aromatic nitrogens is 3. The quantitative estimate of drug-likeness (QED) is 0.438. The number of hydrazine groups is 1. The number of rotatable bonds is 8. The minimum atomic E-state index is -0.862.